The first-order valence-corrected chi connectivity index (χ1v) is 8.07. The molecule has 1 amide bonds. The van der Waals surface area contributed by atoms with Crippen molar-refractivity contribution in [3.63, 3.8) is 0 Å². The summed E-state index contributed by atoms with van der Waals surface area (Å²) in [5.41, 5.74) is -0.683. The Morgan fingerprint density at radius 2 is 1.72 bits per heavy atom. The average molecular weight is 357 g/mol. The molecule has 7 heteroatoms. The molecule has 4 aromatic rings. The first-order valence-electron chi connectivity index (χ1n) is 7.25. The molecule has 4 nitrogen and oxygen atoms in total. The van der Waals surface area contributed by atoms with E-state index in [1.54, 1.807) is 24.3 Å². The van der Waals surface area contributed by atoms with Crippen LogP contribution in [0.15, 0.2) is 57.7 Å². The normalized spacial score (nSPS) is 11.1. The number of anilines is 1. The van der Waals surface area contributed by atoms with Crippen LogP contribution in [0.1, 0.15) is 9.67 Å². The summed E-state index contributed by atoms with van der Waals surface area (Å²) in [5.74, 6) is -2.45. The van der Waals surface area contributed by atoms with Crippen LogP contribution < -0.4 is 10.9 Å². The topological polar surface area (TPSA) is 59.3 Å². The van der Waals surface area contributed by atoms with Crippen LogP contribution in [0.3, 0.4) is 0 Å². The van der Waals surface area contributed by atoms with Gasteiger partial charge >= 0.3 is 5.63 Å². The fourth-order valence-corrected chi connectivity index (χ4v) is 3.62. The van der Waals surface area contributed by atoms with Crippen LogP contribution in [-0.2, 0) is 0 Å². The zero-order valence-electron chi connectivity index (χ0n) is 12.5. The fraction of sp³-hybridized carbons (Fsp3) is 0. The highest BCUT2D eigenvalue weighted by Crippen LogP contribution is 2.31. The van der Waals surface area contributed by atoms with Gasteiger partial charge in [-0.25, -0.2) is 13.6 Å². The van der Waals surface area contributed by atoms with Gasteiger partial charge in [-0.05, 0) is 30.3 Å². The van der Waals surface area contributed by atoms with Gasteiger partial charge in [0.05, 0.1) is 15.0 Å². The molecular formula is C18H9F2NO3S. The fourth-order valence-electron chi connectivity index (χ4n) is 2.55. The highest BCUT2D eigenvalue weighted by molar-refractivity contribution is 7.21. The monoisotopic (exact) mass is 357 g/mol. The van der Waals surface area contributed by atoms with E-state index in [1.807, 2.05) is 0 Å². The number of halogens is 2. The van der Waals surface area contributed by atoms with Crippen molar-refractivity contribution in [1.82, 2.24) is 0 Å². The summed E-state index contributed by atoms with van der Waals surface area (Å²) >= 11 is 1.06. The lowest BCUT2D eigenvalue weighted by atomic mass is 10.2. The molecule has 2 aromatic carbocycles. The largest absolute Gasteiger partial charge is 0.422 e. The number of thiophene rings is 1. The summed E-state index contributed by atoms with van der Waals surface area (Å²) in [7, 11) is 0. The van der Waals surface area contributed by atoms with E-state index in [2.05, 4.69) is 5.32 Å². The van der Waals surface area contributed by atoms with E-state index in [0.29, 0.717) is 15.7 Å². The molecule has 0 spiro atoms. The molecule has 0 bridgehead atoms. The smallest absolute Gasteiger partial charge is 0.345 e. The summed E-state index contributed by atoms with van der Waals surface area (Å²) < 4.78 is 33.2. The number of carbonyl (C=O) groups excluding carboxylic acids is 1. The van der Waals surface area contributed by atoms with E-state index in [1.165, 1.54) is 12.1 Å². The zero-order valence-corrected chi connectivity index (χ0v) is 13.3. The minimum absolute atomic E-state index is 0.154. The number of fused-ring (bicyclic) bond motifs is 3. The second-order valence-electron chi connectivity index (χ2n) is 5.29. The van der Waals surface area contributed by atoms with Crippen molar-refractivity contribution in [2.75, 3.05) is 5.32 Å². The third-order valence-electron chi connectivity index (χ3n) is 3.71. The molecule has 2 heterocycles. The van der Waals surface area contributed by atoms with Gasteiger partial charge in [0.25, 0.3) is 5.91 Å². The van der Waals surface area contributed by atoms with E-state index in [9.17, 15) is 18.4 Å². The van der Waals surface area contributed by atoms with Crippen LogP contribution in [0, 0.1) is 11.6 Å². The molecule has 124 valence electrons. The van der Waals surface area contributed by atoms with E-state index < -0.39 is 28.9 Å². The molecule has 0 atom stereocenters. The maximum absolute atomic E-state index is 13.7. The van der Waals surface area contributed by atoms with Gasteiger partial charge in [-0.3, -0.25) is 4.79 Å². The Labute approximate surface area is 143 Å². The second-order valence-corrected chi connectivity index (χ2v) is 6.34. The van der Waals surface area contributed by atoms with Crippen molar-refractivity contribution in [1.29, 1.82) is 0 Å². The lowest BCUT2D eigenvalue weighted by molar-refractivity contribution is 0.102. The van der Waals surface area contributed by atoms with E-state index in [4.69, 9.17) is 4.42 Å². The molecular weight excluding hydrogens is 348 g/mol. The highest BCUT2D eigenvalue weighted by atomic mass is 32.1. The summed E-state index contributed by atoms with van der Waals surface area (Å²) in [6, 6.07) is 11.6. The summed E-state index contributed by atoms with van der Waals surface area (Å²) in [6.07, 6.45) is 0. The van der Waals surface area contributed by atoms with Gasteiger partial charge in [0.1, 0.15) is 22.9 Å². The Balaban J connectivity index is 1.82. The third kappa shape index (κ3) is 2.58. The van der Waals surface area contributed by atoms with Gasteiger partial charge in [0.2, 0.25) is 0 Å². The molecule has 0 aliphatic rings. The number of amides is 1. The molecule has 0 saturated carbocycles. The number of hydrogen-bond acceptors (Lipinski definition) is 4. The SMILES string of the molecule is O=C(Nc1c(F)cccc1F)c1cc2c(=O)oc3ccccc3c2s1. The molecule has 0 radical (unpaired) electrons. The number of hydrogen-bond donors (Lipinski definition) is 1. The van der Waals surface area contributed by atoms with E-state index in [0.717, 1.165) is 23.5 Å². The Kier molecular flexibility index (Phi) is 3.58. The van der Waals surface area contributed by atoms with Crippen molar-refractivity contribution in [3.05, 3.63) is 75.5 Å². The van der Waals surface area contributed by atoms with Gasteiger partial charge in [0, 0.05) is 5.39 Å². The predicted molar refractivity (Wildman–Crippen MR) is 92.2 cm³/mol. The van der Waals surface area contributed by atoms with E-state index in [-0.39, 0.29) is 10.3 Å². The number of para-hydroxylation sites is 2. The molecule has 2 aromatic heterocycles. The van der Waals surface area contributed by atoms with Crippen LogP contribution in [0.4, 0.5) is 14.5 Å². The Bertz CT molecular complexity index is 1180. The number of benzene rings is 2. The maximum atomic E-state index is 13.7. The van der Waals surface area contributed by atoms with Crippen LogP contribution in [-0.4, -0.2) is 5.91 Å². The van der Waals surface area contributed by atoms with Gasteiger partial charge in [-0.1, -0.05) is 18.2 Å². The standard InChI is InChI=1S/C18H9F2NO3S/c19-11-5-3-6-12(20)15(11)21-17(22)14-8-10-16(25-14)9-4-1-2-7-13(9)24-18(10)23/h1-8H,(H,21,22). The number of carbonyl (C=O) groups is 1. The zero-order chi connectivity index (χ0) is 17.6. The Hall–Kier alpha value is -3.06. The van der Waals surface area contributed by atoms with Gasteiger partial charge in [-0.15, -0.1) is 11.3 Å². The molecule has 4 rings (SSSR count). The Morgan fingerprint density at radius 1 is 1.00 bits per heavy atom. The first-order chi connectivity index (χ1) is 12.0. The van der Waals surface area contributed by atoms with Gasteiger partial charge < -0.3 is 9.73 Å². The molecule has 0 aliphatic heterocycles. The molecule has 0 unspecified atom stereocenters. The maximum Gasteiger partial charge on any atom is 0.345 e. The Morgan fingerprint density at radius 3 is 2.48 bits per heavy atom. The molecule has 0 aliphatic carbocycles. The minimum Gasteiger partial charge on any atom is -0.422 e. The van der Waals surface area contributed by atoms with Crippen LogP contribution in [0.25, 0.3) is 21.1 Å². The van der Waals surface area contributed by atoms with Gasteiger partial charge in [-0.2, -0.15) is 0 Å². The number of nitrogens with one attached hydrogen (secondary N) is 1. The van der Waals surface area contributed by atoms with Crippen molar-refractivity contribution in [3.8, 4) is 0 Å². The van der Waals surface area contributed by atoms with Crippen LogP contribution in [0.5, 0.6) is 0 Å². The third-order valence-corrected chi connectivity index (χ3v) is 4.88. The summed E-state index contributed by atoms with van der Waals surface area (Å²) in [4.78, 5) is 24.6. The lowest BCUT2D eigenvalue weighted by Gasteiger charge is -2.05. The minimum atomic E-state index is -0.876. The van der Waals surface area contributed by atoms with Crippen molar-refractivity contribution < 1.29 is 18.0 Å². The molecule has 0 saturated heterocycles. The van der Waals surface area contributed by atoms with Gasteiger partial charge in [0.15, 0.2) is 0 Å². The van der Waals surface area contributed by atoms with Crippen LogP contribution in [0.2, 0.25) is 0 Å². The molecule has 25 heavy (non-hydrogen) atoms. The molecule has 1 N–H and O–H groups in total. The summed E-state index contributed by atoms with van der Waals surface area (Å²) in [6.45, 7) is 0. The summed E-state index contributed by atoms with van der Waals surface area (Å²) in [5, 5.41) is 3.16. The lowest BCUT2D eigenvalue weighted by Crippen LogP contribution is -2.12. The van der Waals surface area contributed by atoms with E-state index >= 15 is 0 Å². The van der Waals surface area contributed by atoms with Crippen molar-refractivity contribution in [2.45, 2.75) is 0 Å². The molecule has 0 fully saturated rings. The quantitative estimate of drug-likeness (QED) is 0.536. The van der Waals surface area contributed by atoms with Crippen LogP contribution >= 0.6 is 11.3 Å². The highest BCUT2D eigenvalue weighted by Gasteiger charge is 2.18. The first kappa shape index (κ1) is 15.5. The van der Waals surface area contributed by atoms with Crippen molar-refractivity contribution in [2.24, 2.45) is 0 Å². The van der Waals surface area contributed by atoms with Crippen molar-refractivity contribution >= 4 is 44.0 Å². The predicted octanol–water partition coefficient (Wildman–Crippen LogP) is 4.54. The number of rotatable bonds is 2. The average Bonchev–Trinajstić information content (AvgIpc) is 3.05. The second kappa shape index (κ2) is 5.78.